The molecule has 0 radical (unpaired) electrons. The minimum atomic E-state index is 0.160. The highest BCUT2D eigenvalue weighted by Crippen LogP contribution is 2.16. The summed E-state index contributed by atoms with van der Waals surface area (Å²) >= 11 is 5.82. The molecule has 3 rings (SSSR count). The van der Waals surface area contributed by atoms with E-state index in [9.17, 15) is 4.79 Å². The molecular formula is C17H21ClN4O2. The summed E-state index contributed by atoms with van der Waals surface area (Å²) in [7, 11) is 0. The van der Waals surface area contributed by atoms with Crippen LogP contribution in [0.15, 0.2) is 36.9 Å². The fourth-order valence-electron chi connectivity index (χ4n) is 2.80. The summed E-state index contributed by atoms with van der Waals surface area (Å²) in [6.45, 7) is 2.63. The smallest absolute Gasteiger partial charge is 0.224 e. The summed E-state index contributed by atoms with van der Waals surface area (Å²) in [6, 6.07) is 3.92. The zero-order chi connectivity index (χ0) is 16.8. The van der Waals surface area contributed by atoms with Crippen molar-refractivity contribution in [3.05, 3.63) is 47.5 Å². The van der Waals surface area contributed by atoms with Gasteiger partial charge in [0.25, 0.3) is 0 Å². The number of carbonyl (C=O) groups excluding carboxylic acids is 1. The molecule has 0 saturated carbocycles. The third kappa shape index (κ3) is 4.79. The number of ether oxygens (including phenoxy) is 1. The van der Waals surface area contributed by atoms with Crippen molar-refractivity contribution < 1.29 is 9.53 Å². The summed E-state index contributed by atoms with van der Waals surface area (Å²) in [5.41, 5.74) is 1.08. The van der Waals surface area contributed by atoms with Gasteiger partial charge in [-0.25, -0.2) is 0 Å². The molecule has 0 aromatic carbocycles. The predicted molar refractivity (Wildman–Crippen MR) is 90.5 cm³/mol. The van der Waals surface area contributed by atoms with E-state index in [1.54, 1.807) is 23.3 Å². The number of halogens is 1. The number of hydrogen-bond donors (Lipinski definition) is 0. The van der Waals surface area contributed by atoms with Gasteiger partial charge in [0.1, 0.15) is 0 Å². The topological polar surface area (TPSA) is 60.2 Å². The molecule has 2 aromatic heterocycles. The highest BCUT2D eigenvalue weighted by atomic mass is 35.5. The van der Waals surface area contributed by atoms with Crippen molar-refractivity contribution in [1.82, 2.24) is 19.7 Å². The molecule has 0 atom stereocenters. The Morgan fingerprint density at radius 2 is 2.17 bits per heavy atom. The van der Waals surface area contributed by atoms with Gasteiger partial charge in [0.15, 0.2) is 0 Å². The standard InChI is InChI=1S/C17H21ClN4O2/c18-15-11-20-22(12-15)9-5-17(23)21-7-3-16(4-8-21)24-13-14-2-1-6-19-10-14/h1-2,6,10-12,16H,3-5,7-9,13H2. The van der Waals surface area contributed by atoms with Gasteiger partial charge in [0, 0.05) is 44.6 Å². The normalized spacial score (nSPS) is 15.6. The van der Waals surface area contributed by atoms with Gasteiger partial charge >= 0.3 is 0 Å². The van der Waals surface area contributed by atoms with Crippen LogP contribution in [0.3, 0.4) is 0 Å². The van der Waals surface area contributed by atoms with Crippen molar-refractivity contribution in [3.63, 3.8) is 0 Å². The highest BCUT2D eigenvalue weighted by Gasteiger charge is 2.23. The first kappa shape index (κ1) is 16.9. The van der Waals surface area contributed by atoms with Crippen LogP contribution in [-0.2, 0) is 22.7 Å². The lowest BCUT2D eigenvalue weighted by atomic mass is 10.1. The van der Waals surface area contributed by atoms with Gasteiger partial charge in [-0.1, -0.05) is 17.7 Å². The molecule has 6 nitrogen and oxygen atoms in total. The van der Waals surface area contributed by atoms with Gasteiger partial charge in [-0.2, -0.15) is 5.10 Å². The number of piperidine rings is 1. The Balaban J connectivity index is 1.37. The molecule has 0 aliphatic carbocycles. The van der Waals surface area contributed by atoms with E-state index >= 15 is 0 Å². The van der Waals surface area contributed by atoms with Gasteiger partial charge in [0.2, 0.25) is 5.91 Å². The van der Waals surface area contributed by atoms with Gasteiger partial charge in [-0.05, 0) is 24.5 Å². The van der Waals surface area contributed by atoms with Gasteiger partial charge in [-0.15, -0.1) is 0 Å². The van der Waals surface area contributed by atoms with Crippen LogP contribution in [0.1, 0.15) is 24.8 Å². The molecule has 0 bridgehead atoms. The maximum absolute atomic E-state index is 12.3. The maximum Gasteiger partial charge on any atom is 0.224 e. The number of amides is 1. The molecule has 24 heavy (non-hydrogen) atoms. The molecule has 1 aliphatic rings. The largest absolute Gasteiger partial charge is 0.373 e. The molecule has 1 saturated heterocycles. The molecule has 0 unspecified atom stereocenters. The van der Waals surface area contributed by atoms with E-state index in [-0.39, 0.29) is 12.0 Å². The van der Waals surface area contributed by atoms with E-state index in [1.807, 2.05) is 23.2 Å². The van der Waals surface area contributed by atoms with E-state index in [2.05, 4.69) is 10.1 Å². The Morgan fingerprint density at radius 3 is 2.83 bits per heavy atom. The SMILES string of the molecule is O=C(CCn1cc(Cl)cn1)N1CCC(OCc2cccnc2)CC1. The van der Waals surface area contributed by atoms with E-state index in [4.69, 9.17) is 16.3 Å². The van der Waals surface area contributed by atoms with Crippen LogP contribution >= 0.6 is 11.6 Å². The average Bonchev–Trinajstić information content (AvgIpc) is 3.04. The van der Waals surface area contributed by atoms with Gasteiger partial charge in [-0.3, -0.25) is 14.5 Å². The molecule has 1 aliphatic heterocycles. The van der Waals surface area contributed by atoms with Crippen molar-refractivity contribution >= 4 is 17.5 Å². The van der Waals surface area contributed by atoms with Crippen molar-refractivity contribution in [2.75, 3.05) is 13.1 Å². The lowest BCUT2D eigenvalue weighted by Gasteiger charge is -2.32. The van der Waals surface area contributed by atoms with E-state index < -0.39 is 0 Å². The Hall–Kier alpha value is -1.92. The van der Waals surface area contributed by atoms with Crippen molar-refractivity contribution in [3.8, 4) is 0 Å². The Labute approximate surface area is 146 Å². The second-order valence-electron chi connectivity index (χ2n) is 5.92. The van der Waals surface area contributed by atoms with E-state index in [1.165, 1.54) is 0 Å². The third-order valence-corrected chi connectivity index (χ3v) is 4.35. The minimum absolute atomic E-state index is 0.160. The summed E-state index contributed by atoms with van der Waals surface area (Å²) < 4.78 is 7.62. The fraction of sp³-hybridized carbons (Fsp3) is 0.471. The Bertz CT molecular complexity index is 654. The van der Waals surface area contributed by atoms with E-state index in [0.717, 1.165) is 31.5 Å². The first-order chi connectivity index (χ1) is 11.7. The average molecular weight is 349 g/mol. The Kier molecular flexibility index (Phi) is 5.82. The first-order valence-corrected chi connectivity index (χ1v) is 8.55. The lowest BCUT2D eigenvalue weighted by molar-refractivity contribution is -0.134. The zero-order valence-electron chi connectivity index (χ0n) is 13.5. The number of carbonyl (C=O) groups is 1. The number of likely N-dealkylation sites (tertiary alicyclic amines) is 1. The number of aryl methyl sites for hydroxylation is 1. The van der Waals surface area contributed by atoms with Gasteiger partial charge in [0.05, 0.1) is 23.9 Å². The quantitative estimate of drug-likeness (QED) is 0.804. The lowest BCUT2D eigenvalue weighted by Crippen LogP contribution is -2.41. The maximum atomic E-state index is 12.3. The molecule has 3 heterocycles. The third-order valence-electron chi connectivity index (χ3n) is 4.16. The van der Waals surface area contributed by atoms with Crippen molar-refractivity contribution in [2.24, 2.45) is 0 Å². The summed E-state index contributed by atoms with van der Waals surface area (Å²) in [5, 5.41) is 4.68. The van der Waals surface area contributed by atoms with Gasteiger partial charge < -0.3 is 9.64 Å². The van der Waals surface area contributed by atoms with Crippen molar-refractivity contribution in [2.45, 2.75) is 38.5 Å². The second-order valence-corrected chi connectivity index (χ2v) is 6.36. The van der Waals surface area contributed by atoms with Crippen LogP contribution in [0.25, 0.3) is 0 Å². The molecule has 2 aromatic rings. The summed E-state index contributed by atoms with van der Waals surface area (Å²) in [6.07, 6.45) is 9.28. The zero-order valence-corrected chi connectivity index (χ0v) is 14.2. The number of hydrogen-bond acceptors (Lipinski definition) is 4. The minimum Gasteiger partial charge on any atom is -0.373 e. The van der Waals surface area contributed by atoms with Crippen LogP contribution in [0.5, 0.6) is 0 Å². The molecule has 7 heteroatoms. The number of rotatable bonds is 6. The fourth-order valence-corrected chi connectivity index (χ4v) is 2.95. The molecule has 1 amide bonds. The summed E-state index contributed by atoms with van der Waals surface area (Å²) in [5.74, 6) is 0.160. The molecule has 128 valence electrons. The number of aromatic nitrogens is 3. The number of nitrogens with zero attached hydrogens (tertiary/aromatic N) is 4. The van der Waals surface area contributed by atoms with Crippen LogP contribution in [-0.4, -0.2) is 44.8 Å². The monoisotopic (exact) mass is 348 g/mol. The van der Waals surface area contributed by atoms with Crippen LogP contribution in [0.4, 0.5) is 0 Å². The number of pyridine rings is 1. The second kappa shape index (κ2) is 8.26. The van der Waals surface area contributed by atoms with Crippen LogP contribution in [0.2, 0.25) is 5.02 Å². The Morgan fingerprint density at radius 1 is 1.33 bits per heavy atom. The first-order valence-electron chi connectivity index (χ1n) is 8.17. The molecule has 1 fully saturated rings. The van der Waals surface area contributed by atoms with Crippen LogP contribution in [0, 0.1) is 0 Å². The molecule has 0 spiro atoms. The van der Waals surface area contributed by atoms with E-state index in [0.29, 0.717) is 24.6 Å². The van der Waals surface area contributed by atoms with Crippen molar-refractivity contribution in [1.29, 1.82) is 0 Å². The van der Waals surface area contributed by atoms with Crippen LogP contribution < -0.4 is 0 Å². The highest BCUT2D eigenvalue weighted by molar-refractivity contribution is 6.30. The molecule has 0 N–H and O–H groups in total. The summed E-state index contributed by atoms with van der Waals surface area (Å²) in [4.78, 5) is 18.3. The molecular weight excluding hydrogens is 328 g/mol. The predicted octanol–water partition coefficient (Wildman–Crippen LogP) is 2.53.